The van der Waals surface area contributed by atoms with Gasteiger partial charge in [0.1, 0.15) is 5.69 Å². The number of hydrogen-bond acceptors (Lipinski definition) is 4. The lowest BCUT2D eigenvalue weighted by molar-refractivity contribution is -0.130. The molecule has 1 N–H and O–H groups in total. The minimum absolute atomic E-state index is 0.0173. The Labute approximate surface area is 155 Å². The van der Waals surface area contributed by atoms with Gasteiger partial charge in [-0.15, -0.1) is 0 Å². The third-order valence-electron chi connectivity index (χ3n) is 4.28. The Bertz CT molecular complexity index is 847. The fourth-order valence-electron chi connectivity index (χ4n) is 2.93. The van der Waals surface area contributed by atoms with E-state index in [0.717, 1.165) is 5.56 Å². The molecule has 136 valence electrons. The second kappa shape index (κ2) is 8.14. The highest BCUT2D eigenvalue weighted by molar-refractivity contribution is 6.30. The molecule has 2 aromatic rings. The van der Waals surface area contributed by atoms with Gasteiger partial charge in [0.2, 0.25) is 5.91 Å². The fraction of sp³-hybridized carbons (Fsp3) is 0.333. The number of aromatic amines is 1. The van der Waals surface area contributed by atoms with Crippen LogP contribution in [0, 0.1) is 0 Å². The maximum atomic E-state index is 12.5. The smallest absolute Gasteiger partial charge is 0.274 e. The van der Waals surface area contributed by atoms with Crippen LogP contribution >= 0.6 is 11.6 Å². The molecular formula is C18H19ClN4O3. The number of carbonyl (C=O) groups excluding carboxylic acids is 2. The third kappa shape index (κ3) is 4.49. The highest BCUT2D eigenvalue weighted by atomic mass is 35.5. The van der Waals surface area contributed by atoms with Crippen LogP contribution in [0.4, 0.5) is 0 Å². The number of amides is 2. The van der Waals surface area contributed by atoms with Crippen molar-refractivity contribution in [3.05, 3.63) is 63.0 Å². The van der Waals surface area contributed by atoms with Gasteiger partial charge in [0.15, 0.2) is 0 Å². The van der Waals surface area contributed by atoms with Crippen molar-refractivity contribution in [1.29, 1.82) is 0 Å². The number of nitrogens with zero attached hydrogens (tertiary/aromatic N) is 3. The molecule has 0 aliphatic carbocycles. The first-order chi connectivity index (χ1) is 12.5. The number of halogens is 1. The van der Waals surface area contributed by atoms with Gasteiger partial charge in [0.05, 0.1) is 6.42 Å². The van der Waals surface area contributed by atoms with Gasteiger partial charge in [-0.1, -0.05) is 23.7 Å². The molecule has 1 aromatic carbocycles. The number of nitrogens with one attached hydrogen (secondary N) is 1. The van der Waals surface area contributed by atoms with Crippen LogP contribution in [0.2, 0.25) is 5.02 Å². The van der Waals surface area contributed by atoms with Gasteiger partial charge in [-0.05, 0) is 30.2 Å². The van der Waals surface area contributed by atoms with Crippen LogP contribution in [0.15, 0.2) is 41.2 Å². The van der Waals surface area contributed by atoms with Crippen LogP contribution in [0.1, 0.15) is 22.5 Å². The summed E-state index contributed by atoms with van der Waals surface area (Å²) in [4.78, 5) is 39.5. The Morgan fingerprint density at radius 2 is 1.85 bits per heavy atom. The maximum absolute atomic E-state index is 12.5. The van der Waals surface area contributed by atoms with E-state index in [9.17, 15) is 14.4 Å². The van der Waals surface area contributed by atoms with Gasteiger partial charge in [-0.2, -0.15) is 5.10 Å². The van der Waals surface area contributed by atoms with E-state index in [1.54, 1.807) is 21.9 Å². The minimum atomic E-state index is -0.352. The van der Waals surface area contributed by atoms with Crippen LogP contribution in [-0.4, -0.2) is 58.0 Å². The number of benzene rings is 1. The summed E-state index contributed by atoms with van der Waals surface area (Å²) in [6, 6.07) is 9.95. The van der Waals surface area contributed by atoms with Crippen molar-refractivity contribution in [2.75, 3.05) is 26.2 Å². The third-order valence-corrected chi connectivity index (χ3v) is 4.51. The Kier molecular flexibility index (Phi) is 5.68. The summed E-state index contributed by atoms with van der Waals surface area (Å²) in [6.07, 6.45) is 0.979. The number of aromatic nitrogens is 2. The van der Waals surface area contributed by atoms with E-state index in [4.69, 9.17) is 11.6 Å². The van der Waals surface area contributed by atoms with E-state index in [2.05, 4.69) is 10.2 Å². The lowest BCUT2D eigenvalue weighted by Gasteiger charge is -2.22. The molecule has 0 unspecified atom stereocenters. The molecule has 1 aromatic heterocycles. The molecule has 0 bridgehead atoms. The number of rotatable bonds is 3. The zero-order chi connectivity index (χ0) is 18.5. The average Bonchev–Trinajstić information content (AvgIpc) is 2.88. The summed E-state index contributed by atoms with van der Waals surface area (Å²) >= 11 is 5.97. The molecule has 3 rings (SSSR count). The Morgan fingerprint density at radius 1 is 1.08 bits per heavy atom. The molecule has 0 radical (unpaired) electrons. The quantitative estimate of drug-likeness (QED) is 0.878. The summed E-state index contributed by atoms with van der Waals surface area (Å²) in [5.74, 6) is -0.228. The van der Waals surface area contributed by atoms with Gasteiger partial charge in [0.25, 0.3) is 11.5 Å². The average molecular weight is 375 g/mol. The Morgan fingerprint density at radius 3 is 2.58 bits per heavy atom. The first-order valence-corrected chi connectivity index (χ1v) is 8.78. The van der Waals surface area contributed by atoms with Crippen LogP contribution in [0.5, 0.6) is 0 Å². The second-order valence-electron chi connectivity index (χ2n) is 6.14. The van der Waals surface area contributed by atoms with Crippen molar-refractivity contribution in [2.24, 2.45) is 0 Å². The molecule has 0 spiro atoms. The standard InChI is InChI=1S/C18H19ClN4O3/c19-14-4-1-3-13(11-14)12-17(25)22-7-2-8-23(10-9-22)18(26)15-5-6-16(24)21-20-15/h1,3-6,11H,2,7-10,12H2,(H,21,24). The SMILES string of the molecule is O=C(Cc1cccc(Cl)c1)N1CCCN(C(=O)c2ccc(=O)[nH]n2)CC1. The number of hydrogen-bond donors (Lipinski definition) is 1. The predicted molar refractivity (Wildman–Crippen MR) is 97.1 cm³/mol. The molecule has 1 aliphatic heterocycles. The van der Waals surface area contributed by atoms with Crippen molar-refractivity contribution in [3.8, 4) is 0 Å². The molecule has 0 atom stereocenters. The monoisotopic (exact) mass is 374 g/mol. The van der Waals surface area contributed by atoms with Crippen LogP contribution in [-0.2, 0) is 11.2 Å². The van der Waals surface area contributed by atoms with Gasteiger partial charge < -0.3 is 9.80 Å². The van der Waals surface area contributed by atoms with Crippen molar-refractivity contribution >= 4 is 23.4 Å². The van der Waals surface area contributed by atoms with E-state index in [1.165, 1.54) is 12.1 Å². The molecule has 8 heteroatoms. The molecule has 2 amide bonds. The van der Waals surface area contributed by atoms with E-state index in [1.807, 2.05) is 12.1 Å². The van der Waals surface area contributed by atoms with Crippen molar-refractivity contribution in [3.63, 3.8) is 0 Å². The van der Waals surface area contributed by atoms with E-state index in [-0.39, 0.29) is 29.5 Å². The molecule has 7 nitrogen and oxygen atoms in total. The van der Waals surface area contributed by atoms with Gasteiger partial charge in [0, 0.05) is 37.3 Å². The van der Waals surface area contributed by atoms with Gasteiger partial charge >= 0.3 is 0 Å². The molecule has 1 fully saturated rings. The number of carbonyl (C=O) groups is 2. The van der Waals surface area contributed by atoms with Gasteiger partial charge in [-0.3, -0.25) is 14.4 Å². The summed E-state index contributed by atoms with van der Waals surface area (Å²) in [6.45, 7) is 2.04. The molecule has 26 heavy (non-hydrogen) atoms. The highest BCUT2D eigenvalue weighted by Gasteiger charge is 2.23. The highest BCUT2D eigenvalue weighted by Crippen LogP contribution is 2.13. The zero-order valence-corrected chi connectivity index (χ0v) is 14.9. The van der Waals surface area contributed by atoms with E-state index >= 15 is 0 Å². The molecule has 2 heterocycles. The Balaban J connectivity index is 1.60. The fourth-order valence-corrected chi connectivity index (χ4v) is 3.14. The second-order valence-corrected chi connectivity index (χ2v) is 6.58. The molecular weight excluding hydrogens is 356 g/mol. The summed E-state index contributed by atoms with van der Waals surface area (Å²) in [5, 5.41) is 6.65. The van der Waals surface area contributed by atoms with Crippen molar-refractivity contribution < 1.29 is 9.59 Å². The molecule has 1 saturated heterocycles. The first kappa shape index (κ1) is 18.1. The Hall–Kier alpha value is -2.67. The maximum Gasteiger partial charge on any atom is 0.274 e. The summed E-state index contributed by atoms with van der Waals surface area (Å²) in [7, 11) is 0. The lowest BCUT2D eigenvalue weighted by Crippen LogP contribution is -2.38. The zero-order valence-electron chi connectivity index (χ0n) is 14.2. The van der Waals surface area contributed by atoms with Crippen molar-refractivity contribution in [1.82, 2.24) is 20.0 Å². The summed E-state index contributed by atoms with van der Waals surface area (Å²) in [5.41, 5.74) is 0.718. The van der Waals surface area contributed by atoms with Crippen LogP contribution in [0.3, 0.4) is 0 Å². The largest absolute Gasteiger partial charge is 0.341 e. The van der Waals surface area contributed by atoms with E-state index < -0.39 is 0 Å². The molecule has 0 saturated carbocycles. The van der Waals surface area contributed by atoms with Crippen molar-refractivity contribution in [2.45, 2.75) is 12.8 Å². The lowest BCUT2D eigenvalue weighted by atomic mass is 10.1. The normalized spacial score (nSPS) is 14.8. The predicted octanol–water partition coefficient (Wildman–Crippen LogP) is 1.34. The van der Waals surface area contributed by atoms with Crippen LogP contribution < -0.4 is 5.56 Å². The van der Waals surface area contributed by atoms with Crippen LogP contribution in [0.25, 0.3) is 0 Å². The van der Waals surface area contributed by atoms with Gasteiger partial charge in [-0.25, -0.2) is 5.10 Å². The van der Waals surface area contributed by atoms with E-state index in [0.29, 0.717) is 37.6 Å². The topological polar surface area (TPSA) is 86.4 Å². The first-order valence-electron chi connectivity index (χ1n) is 8.40. The minimum Gasteiger partial charge on any atom is -0.341 e. The number of H-pyrrole nitrogens is 1. The molecule has 1 aliphatic rings. The summed E-state index contributed by atoms with van der Waals surface area (Å²) < 4.78 is 0.